The highest BCUT2D eigenvalue weighted by atomic mass is 35.5. The molecule has 140 valence electrons. The number of aromatic nitrogens is 1. The fourth-order valence-electron chi connectivity index (χ4n) is 3.15. The number of nitrogens with one attached hydrogen (secondary N) is 2. The van der Waals surface area contributed by atoms with Crippen LogP contribution in [0.15, 0.2) is 24.3 Å². The molecule has 1 aliphatic heterocycles. The number of thiazole rings is 1. The Kier molecular flexibility index (Phi) is 9.72. The standard InChI is InChI=1S/C18H25N3OS.2ClH/c1-13-12-14(10-11-19-13)20-17(22)8-4-5-9-18-21-15-6-2-3-7-16(15)23-18;;/h2-3,6-7,13-14,19H,4-5,8-12H2,1H3,(H,20,22);2*1H. The van der Waals surface area contributed by atoms with Gasteiger partial charge in [-0.3, -0.25) is 4.79 Å². The van der Waals surface area contributed by atoms with Gasteiger partial charge in [0.25, 0.3) is 0 Å². The van der Waals surface area contributed by atoms with Crippen LogP contribution in [0, 0.1) is 0 Å². The number of unbranched alkanes of at least 4 members (excludes halogenated alkanes) is 1. The number of para-hydroxylation sites is 1. The number of halogens is 2. The Labute approximate surface area is 166 Å². The van der Waals surface area contributed by atoms with E-state index in [0.29, 0.717) is 18.5 Å². The average molecular weight is 404 g/mol. The van der Waals surface area contributed by atoms with Gasteiger partial charge in [-0.05, 0) is 57.7 Å². The molecule has 0 spiro atoms. The summed E-state index contributed by atoms with van der Waals surface area (Å²) < 4.78 is 1.25. The molecule has 0 aliphatic carbocycles. The topological polar surface area (TPSA) is 54.0 Å². The minimum absolute atomic E-state index is 0. The van der Waals surface area contributed by atoms with Crippen molar-refractivity contribution in [1.82, 2.24) is 15.6 Å². The third-order valence-electron chi connectivity index (χ3n) is 4.37. The lowest BCUT2D eigenvalue weighted by atomic mass is 10.0. The van der Waals surface area contributed by atoms with Crippen LogP contribution in [0.4, 0.5) is 0 Å². The smallest absolute Gasteiger partial charge is 0.220 e. The summed E-state index contributed by atoms with van der Waals surface area (Å²) in [4.78, 5) is 16.7. The summed E-state index contributed by atoms with van der Waals surface area (Å²) in [5, 5.41) is 7.77. The zero-order chi connectivity index (χ0) is 16.1. The van der Waals surface area contributed by atoms with Crippen LogP contribution < -0.4 is 10.6 Å². The highest BCUT2D eigenvalue weighted by Gasteiger charge is 2.19. The molecular weight excluding hydrogens is 377 g/mol. The molecule has 0 bridgehead atoms. The molecule has 1 aromatic carbocycles. The second-order valence-corrected chi connectivity index (χ2v) is 7.54. The van der Waals surface area contributed by atoms with Gasteiger partial charge < -0.3 is 10.6 Å². The van der Waals surface area contributed by atoms with Crippen LogP contribution in [0.2, 0.25) is 0 Å². The molecule has 2 N–H and O–H groups in total. The molecule has 7 heteroatoms. The van der Waals surface area contributed by atoms with Crippen molar-refractivity contribution in [1.29, 1.82) is 0 Å². The molecule has 0 radical (unpaired) electrons. The van der Waals surface area contributed by atoms with Gasteiger partial charge in [-0.15, -0.1) is 36.2 Å². The Morgan fingerprint density at radius 2 is 2.12 bits per heavy atom. The first-order chi connectivity index (χ1) is 11.2. The van der Waals surface area contributed by atoms with Crippen molar-refractivity contribution >= 4 is 52.3 Å². The second kappa shape index (κ2) is 11.0. The number of amides is 1. The number of carbonyl (C=O) groups is 1. The summed E-state index contributed by atoms with van der Waals surface area (Å²) >= 11 is 1.77. The summed E-state index contributed by atoms with van der Waals surface area (Å²) in [6.07, 6.45) is 5.64. The second-order valence-electron chi connectivity index (χ2n) is 6.43. The Bertz CT molecular complexity index is 632. The van der Waals surface area contributed by atoms with E-state index < -0.39 is 0 Å². The molecule has 0 saturated carbocycles. The van der Waals surface area contributed by atoms with Gasteiger partial charge in [-0.2, -0.15) is 0 Å². The third-order valence-corrected chi connectivity index (χ3v) is 5.47. The number of hydrogen-bond donors (Lipinski definition) is 2. The molecule has 2 heterocycles. The summed E-state index contributed by atoms with van der Waals surface area (Å²) in [5.41, 5.74) is 1.09. The molecule has 1 aromatic heterocycles. The van der Waals surface area contributed by atoms with Gasteiger partial charge in [-0.1, -0.05) is 12.1 Å². The fourth-order valence-corrected chi connectivity index (χ4v) is 4.16. The fraction of sp³-hybridized carbons (Fsp3) is 0.556. The monoisotopic (exact) mass is 403 g/mol. The number of nitrogens with zero attached hydrogens (tertiary/aromatic N) is 1. The Balaban J connectivity index is 0.00000156. The lowest BCUT2D eigenvalue weighted by Crippen LogP contribution is -2.46. The van der Waals surface area contributed by atoms with Crippen molar-refractivity contribution in [3.05, 3.63) is 29.3 Å². The molecule has 1 amide bonds. The quantitative estimate of drug-likeness (QED) is 0.713. The number of fused-ring (bicyclic) bond motifs is 1. The van der Waals surface area contributed by atoms with Gasteiger partial charge in [0.1, 0.15) is 0 Å². The minimum Gasteiger partial charge on any atom is -0.353 e. The van der Waals surface area contributed by atoms with Gasteiger partial charge in [0, 0.05) is 18.5 Å². The van der Waals surface area contributed by atoms with Crippen LogP contribution in [-0.4, -0.2) is 29.5 Å². The number of benzene rings is 1. The van der Waals surface area contributed by atoms with Crippen molar-refractivity contribution < 1.29 is 4.79 Å². The van der Waals surface area contributed by atoms with Crippen LogP contribution >= 0.6 is 36.2 Å². The van der Waals surface area contributed by atoms with Crippen LogP contribution in [0.5, 0.6) is 0 Å². The van der Waals surface area contributed by atoms with E-state index in [1.807, 2.05) is 6.07 Å². The summed E-state index contributed by atoms with van der Waals surface area (Å²) in [7, 11) is 0. The molecule has 1 aliphatic rings. The molecule has 1 fully saturated rings. The number of hydrogen-bond acceptors (Lipinski definition) is 4. The van der Waals surface area contributed by atoms with Crippen molar-refractivity contribution in [3.8, 4) is 0 Å². The van der Waals surface area contributed by atoms with Crippen LogP contribution in [0.1, 0.15) is 44.0 Å². The molecule has 2 unspecified atom stereocenters. The van der Waals surface area contributed by atoms with E-state index in [0.717, 1.165) is 44.2 Å². The minimum atomic E-state index is 0. The highest BCUT2D eigenvalue weighted by Crippen LogP contribution is 2.22. The third kappa shape index (κ3) is 6.74. The number of aryl methyl sites for hydroxylation is 1. The Morgan fingerprint density at radius 3 is 2.88 bits per heavy atom. The largest absolute Gasteiger partial charge is 0.353 e. The van der Waals surface area contributed by atoms with Gasteiger partial charge in [0.05, 0.1) is 15.2 Å². The zero-order valence-corrected chi connectivity index (χ0v) is 16.9. The maximum absolute atomic E-state index is 12.0. The Hall–Kier alpha value is -0.880. The van der Waals surface area contributed by atoms with Crippen LogP contribution in [-0.2, 0) is 11.2 Å². The van der Waals surface area contributed by atoms with Crippen molar-refractivity contribution in [2.75, 3.05) is 6.54 Å². The van der Waals surface area contributed by atoms with E-state index in [1.54, 1.807) is 11.3 Å². The molecule has 1 saturated heterocycles. The number of carbonyl (C=O) groups excluding carboxylic acids is 1. The molecular formula is C18H27Cl2N3OS. The lowest BCUT2D eigenvalue weighted by molar-refractivity contribution is -0.122. The first kappa shape index (κ1) is 22.2. The molecule has 25 heavy (non-hydrogen) atoms. The molecule has 2 atom stereocenters. The van der Waals surface area contributed by atoms with Crippen molar-refractivity contribution in [2.45, 2.75) is 57.5 Å². The predicted molar refractivity (Wildman–Crippen MR) is 110 cm³/mol. The van der Waals surface area contributed by atoms with Crippen LogP contribution in [0.25, 0.3) is 10.2 Å². The predicted octanol–water partition coefficient (Wildman–Crippen LogP) is 4.11. The van der Waals surface area contributed by atoms with E-state index >= 15 is 0 Å². The van der Waals surface area contributed by atoms with Gasteiger partial charge in [0.15, 0.2) is 0 Å². The summed E-state index contributed by atoms with van der Waals surface area (Å²) in [5.74, 6) is 0.202. The number of rotatable bonds is 6. The van der Waals surface area contributed by atoms with E-state index in [4.69, 9.17) is 0 Å². The van der Waals surface area contributed by atoms with Crippen LogP contribution in [0.3, 0.4) is 0 Å². The van der Waals surface area contributed by atoms with Gasteiger partial charge in [0.2, 0.25) is 5.91 Å². The van der Waals surface area contributed by atoms with Crippen molar-refractivity contribution in [2.24, 2.45) is 0 Å². The molecule has 3 rings (SSSR count). The van der Waals surface area contributed by atoms with E-state index in [2.05, 4.69) is 40.7 Å². The maximum Gasteiger partial charge on any atom is 0.220 e. The van der Waals surface area contributed by atoms with Gasteiger partial charge >= 0.3 is 0 Å². The first-order valence-corrected chi connectivity index (χ1v) is 9.39. The lowest BCUT2D eigenvalue weighted by Gasteiger charge is -2.28. The summed E-state index contributed by atoms with van der Waals surface area (Å²) in [6.45, 7) is 3.18. The zero-order valence-electron chi connectivity index (χ0n) is 14.5. The van der Waals surface area contributed by atoms with E-state index in [1.165, 1.54) is 9.71 Å². The van der Waals surface area contributed by atoms with Crippen molar-refractivity contribution in [3.63, 3.8) is 0 Å². The SMILES string of the molecule is CC1CC(NC(=O)CCCCc2nc3ccccc3s2)CCN1.Cl.Cl. The highest BCUT2D eigenvalue weighted by molar-refractivity contribution is 7.18. The maximum atomic E-state index is 12.0. The first-order valence-electron chi connectivity index (χ1n) is 8.58. The molecule has 2 aromatic rings. The van der Waals surface area contributed by atoms with E-state index in [-0.39, 0.29) is 30.7 Å². The normalized spacial score (nSPS) is 19.7. The summed E-state index contributed by atoms with van der Waals surface area (Å²) in [6, 6.07) is 9.11. The molecule has 4 nitrogen and oxygen atoms in total. The van der Waals surface area contributed by atoms with Gasteiger partial charge in [-0.25, -0.2) is 4.98 Å². The Morgan fingerprint density at radius 1 is 1.32 bits per heavy atom. The van der Waals surface area contributed by atoms with E-state index in [9.17, 15) is 4.79 Å². The average Bonchev–Trinajstić information content (AvgIpc) is 2.94. The number of piperidine rings is 1.